The molecule has 0 unspecified atom stereocenters. The number of aryl methyl sites for hydroxylation is 1. The predicted octanol–water partition coefficient (Wildman–Crippen LogP) is 2.63. The molecule has 0 saturated carbocycles. The number of aromatic nitrogens is 2. The Balaban J connectivity index is 2.15. The quantitative estimate of drug-likeness (QED) is 0.740. The number of oxazole rings is 1. The van der Waals surface area contributed by atoms with Crippen LogP contribution in [0, 0.1) is 6.92 Å². The van der Waals surface area contributed by atoms with Crippen LogP contribution in [0.3, 0.4) is 0 Å². The van der Waals surface area contributed by atoms with Crippen LogP contribution in [0.25, 0.3) is 22.2 Å². The van der Waals surface area contributed by atoms with Crippen LogP contribution >= 0.6 is 0 Å². The molecule has 3 N–H and O–H groups in total. The number of nitrogens with zero attached hydrogens (tertiary/aromatic N) is 1. The monoisotopic (exact) mass is 241 g/mol. The third-order valence-corrected chi connectivity index (χ3v) is 3.05. The Morgan fingerprint density at radius 1 is 1.33 bits per heavy atom. The molecule has 0 radical (unpaired) electrons. The molecule has 1 aromatic carbocycles. The number of hydrogen-bond donors (Lipinski definition) is 2. The Morgan fingerprint density at radius 3 is 3.00 bits per heavy atom. The first-order chi connectivity index (χ1) is 8.79. The molecule has 18 heavy (non-hydrogen) atoms. The Kier molecular flexibility index (Phi) is 2.64. The van der Waals surface area contributed by atoms with Crippen molar-refractivity contribution < 1.29 is 4.42 Å². The number of rotatable bonds is 3. The van der Waals surface area contributed by atoms with E-state index in [2.05, 4.69) is 22.1 Å². The van der Waals surface area contributed by atoms with Crippen LogP contribution in [0.1, 0.15) is 11.6 Å². The van der Waals surface area contributed by atoms with E-state index in [0.717, 1.165) is 27.9 Å². The van der Waals surface area contributed by atoms with Gasteiger partial charge in [-0.2, -0.15) is 0 Å². The molecule has 0 amide bonds. The third-order valence-electron chi connectivity index (χ3n) is 3.05. The zero-order chi connectivity index (χ0) is 12.5. The third kappa shape index (κ3) is 1.71. The second-order valence-corrected chi connectivity index (χ2v) is 4.33. The van der Waals surface area contributed by atoms with Crippen LogP contribution in [-0.4, -0.2) is 16.5 Å². The van der Waals surface area contributed by atoms with Crippen LogP contribution < -0.4 is 5.73 Å². The Bertz CT molecular complexity index is 681. The lowest BCUT2D eigenvalue weighted by molar-refractivity contribution is 0.508. The zero-order valence-corrected chi connectivity index (χ0v) is 10.2. The van der Waals surface area contributed by atoms with E-state index in [1.165, 1.54) is 0 Å². The van der Waals surface area contributed by atoms with E-state index < -0.39 is 0 Å². The van der Waals surface area contributed by atoms with Gasteiger partial charge < -0.3 is 15.1 Å². The minimum absolute atomic E-state index is 0.548. The van der Waals surface area contributed by atoms with Crippen molar-refractivity contribution in [1.82, 2.24) is 9.97 Å². The fraction of sp³-hybridized carbons (Fsp3) is 0.214. The summed E-state index contributed by atoms with van der Waals surface area (Å²) in [6.45, 7) is 2.59. The van der Waals surface area contributed by atoms with Gasteiger partial charge >= 0.3 is 0 Å². The van der Waals surface area contributed by atoms with Gasteiger partial charge in [0.1, 0.15) is 0 Å². The first-order valence-corrected chi connectivity index (χ1v) is 6.02. The molecule has 2 heterocycles. The largest absolute Gasteiger partial charge is 0.441 e. The minimum Gasteiger partial charge on any atom is -0.441 e. The molecule has 4 nitrogen and oxygen atoms in total. The molecule has 0 fully saturated rings. The first-order valence-electron chi connectivity index (χ1n) is 6.02. The average Bonchev–Trinajstić information content (AvgIpc) is 2.92. The van der Waals surface area contributed by atoms with Gasteiger partial charge in [-0.1, -0.05) is 18.2 Å². The maximum Gasteiger partial charge on any atom is 0.196 e. The molecule has 2 aromatic heterocycles. The van der Waals surface area contributed by atoms with Crippen LogP contribution in [-0.2, 0) is 6.42 Å². The summed E-state index contributed by atoms with van der Waals surface area (Å²) in [4.78, 5) is 7.60. The number of nitrogens with two attached hydrogens (primary N) is 1. The summed E-state index contributed by atoms with van der Waals surface area (Å²) in [5, 5.41) is 1.16. The summed E-state index contributed by atoms with van der Waals surface area (Å²) in [6, 6.07) is 8.18. The van der Waals surface area contributed by atoms with Gasteiger partial charge in [-0.25, -0.2) is 4.98 Å². The summed E-state index contributed by atoms with van der Waals surface area (Å²) < 4.78 is 5.75. The topological polar surface area (TPSA) is 67.8 Å². The van der Waals surface area contributed by atoms with E-state index in [4.69, 9.17) is 10.2 Å². The second-order valence-electron chi connectivity index (χ2n) is 4.33. The number of aromatic amines is 1. The lowest BCUT2D eigenvalue weighted by Gasteiger charge is -1.96. The maximum atomic E-state index is 5.75. The van der Waals surface area contributed by atoms with Crippen molar-refractivity contribution in [3.05, 3.63) is 42.0 Å². The number of benzene rings is 1. The van der Waals surface area contributed by atoms with Gasteiger partial charge in [0.25, 0.3) is 0 Å². The minimum atomic E-state index is 0.548. The summed E-state index contributed by atoms with van der Waals surface area (Å²) in [6.07, 6.45) is 2.44. The molecule has 92 valence electrons. The molecule has 0 spiro atoms. The van der Waals surface area contributed by atoms with Gasteiger partial charge in [0.15, 0.2) is 11.7 Å². The van der Waals surface area contributed by atoms with Gasteiger partial charge in [-0.3, -0.25) is 0 Å². The van der Waals surface area contributed by atoms with Crippen molar-refractivity contribution >= 4 is 10.9 Å². The molecule has 0 aliphatic rings. The molecule has 3 rings (SSSR count). The Labute approximate surface area is 105 Å². The summed E-state index contributed by atoms with van der Waals surface area (Å²) >= 11 is 0. The number of H-pyrrole nitrogens is 1. The molecule has 0 bridgehead atoms. The highest BCUT2D eigenvalue weighted by Crippen LogP contribution is 2.32. The van der Waals surface area contributed by atoms with Crippen molar-refractivity contribution in [2.75, 3.05) is 6.54 Å². The van der Waals surface area contributed by atoms with E-state index in [1.807, 2.05) is 19.1 Å². The fourth-order valence-electron chi connectivity index (χ4n) is 2.26. The van der Waals surface area contributed by atoms with E-state index >= 15 is 0 Å². The fourth-order valence-corrected chi connectivity index (χ4v) is 2.26. The van der Waals surface area contributed by atoms with Gasteiger partial charge in [0, 0.05) is 35.1 Å². The highest BCUT2D eigenvalue weighted by Gasteiger charge is 2.14. The Morgan fingerprint density at radius 2 is 2.17 bits per heavy atom. The van der Waals surface area contributed by atoms with E-state index in [0.29, 0.717) is 18.9 Å². The smallest absolute Gasteiger partial charge is 0.196 e. The van der Waals surface area contributed by atoms with Crippen LogP contribution in [0.4, 0.5) is 0 Å². The number of hydrogen-bond acceptors (Lipinski definition) is 3. The second kappa shape index (κ2) is 4.31. The molecule has 0 aliphatic carbocycles. The van der Waals surface area contributed by atoms with Gasteiger partial charge in [0.05, 0.1) is 6.20 Å². The SMILES string of the molecule is Cc1[nH]c2ccccc2c1-c1cnc(CCN)o1. The van der Waals surface area contributed by atoms with Crippen molar-refractivity contribution in [3.8, 4) is 11.3 Å². The number of fused-ring (bicyclic) bond motifs is 1. The molecule has 0 aliphatic heterocycles. The standard InChI is InChI=1S/C14H15N3O/c1-9-14(10-4-2-3-5-11(10)17-9)12-8-16-13(18-12)6-7-15/h2-5,8,17H,6-7,15H2,1H3. The normalized spacial score (nSPS) is 11.2. The van der Waals surface area contributed by atoms with Crippen molar-refractivity contribution in [3.63, 3.8) is 0 Å². The van der Waals surface area contributed by atoms with Crippen molar-refractivity contribution in [2.24, 2.45) is 5.73 Å². The molecule has 3 aromatic rings. The summed E-state index contributed by atoms with van der Waals surface area (Å²) in [5.74, 6) is 1.49. The van der Waals surface area contributed by atoms with Crippen LogP contribution in [0.15, 0.2) is 34.9 Å². The first kappa shape index (κ1) is 11.0. The van der Waals surface area contributed by atoms with Crippen LogP contribution in [0.2, 0.25) is 0 Å². The summed E-state index contributed by atoms with van der Waals surface area (Å²) in [5.41, 5.74) is 8.79. The van der Waals surface area contributed by atoms with Gasteiger partial charge in [-0.05, 0) is 13.0 Å². The summed E-state index contributed by atoms with van der Waals surface area (Å²) in [7, 11) is 0. The van der Waals surface area contributed by atoms with E-state index in [9.17, 15) is 0 Å². The highest BCUT2D eigenvalue weighted by atomic mass is 16.4. The van der Waals surface area contributed by atoms with Gasteiger partial charge in [0.2, 0.25) is 0 Å². The van der Waals surface area contributed by atoms with Gasteiger partial charge in [-0.15, -0.1) is 0 Å². The lowest BCUT2D eigenvalue weighted by Crippen LogP contribution is -2.02. The molecule has 0 saturated heterocycles. The van der Waals surface area contributed by atoms with Crippen LogP contribution in [0.5, 0.6) is 0 Å². The van der Waals surface area contributed by atoms with Crippen molar-refractivity contribution in [2.45, 2.75) is 13.3 Å². The Hall–Kier alpha value is -2.07. The van der Waals surface area contributed by atoms with Crippen molar-refractivity contribution in [1.29, 1.82) is 0 Å². The maximum absolute atomic E-state index is 5.75. The number of para-hydroxylation sites is 1. The molecule has 0 atom stereocenters. The van der Waals surface area contributed by atoms with E-state index in [1.54, 1.807) is 6.20 Å². The predicted molar refractivity (Wildman–Crippen MR) is 71.3 cm³/mol. The average molecular weight is 241 g/mol. The lowest BCUT2D eigenvalue weighted by atomic mass is 10.1. The highest BCUT2D eigenvalue weighted by molar-refractivity contribution is 5.95. The molecule has 4 heteroatoms. The number of nitrogens with one attached hydrogen (secondary N) is 1. The molecular weight excluding hydrogens is 226 g/mol. The molecular formula is C14H15N3O. The zero-order valence-electron chi connectivity index (χ0n) is 10.2. The van der Waals surface area contributed by atoms with E-state index in [-0.39, 0.29) is 0 Å².